The van der Waals surface area contributed by atoms with E-state index in [0.29, 0.717) is 17.8 Å². The smallest absolute Gasteiger partial charge is 0.328 e. The van der Waals surface area contributed by atoms with Crippen molar-refractivity contribution in [2.24, 2.45) is 0 Å². The van der Waals surface area contributed by atoms with Crippen molar-refractivity contribution in [2.75, 3.05) is 11.9 Å². The number of benzene rings is 1. The van der Waals surface area contributed by atoms with Gasteiger partial charge in [-0.2, -0.15) is 0 Å². The molecular weight excluding hydrogens is 268 g/mol. The molecule has 0 aliphatic rings. The number of carbonyl (C=O) groups is 1. The van der Waals surface area contributed by atoms with Crippen molar-refractivity contribution in [1.82, 2.24) is 0 Å². The van der Waals surface area contributed by atoms with Crippen LogP contribution in [0.3, 0.4) is 0 Å². The number of carboxylic acid groups (broad SMARTS) is 1. The molecule has 6 heteroatoms. The molecule has 0 spiro atoms. The highest BCUT2D eigenvalue weighted by atomic mass is 35.5. The molecule has 17 heavy (non-hydrogen) atoms. The molecule has 0 amide bonds. The predicted molar refractivity (Wildman–Crippen MR) is 66.3 cm³/mol. The van der Waals surface area contributed by atoms with Crippen LogP contribution in [0.25, 0.3) is 0 Å². The summed E-state index contributed by atoms with van der Waals surface area (Å²) in [7, 11) is 0. The molecule has 0 radical (unpaired) electrons. The second-order valence-electron chi connectivity index (χ2n) is 3.44. The summed E-state index contributed by atoms with van der Waals surface area (Å²) in [6.07, 6.45) is 1.08. The van der Waals surface area contributed by atoms with Gasteiger partial charge in [0, 0.05) is 18.3 Å². The second kappa shape index (κ2) is 5.89. The van der Waals surface area contributed by atoms with E-state index in [0.717, 1.165) is 6.08 Å². The highest BCUT2D eigenvalue weighted by Crippen LogP contribution is 2.27. The Bertz CT molecular complexity index is 452. The molecule has 0 aromatic heterocycles. The number of anilines is 1. The first-order valence-corrected chi connectivity index (χ1v) is 5.44. The number of carboxylic acids is 1. The summed E-state index contributed by atoms with van der Waals surface area (Å²) in [5, 5.41) is 11.2. The van der Waals surface area contributed by atoms with Crippen LogP contribution in [0, 0.1) is 5.82 Å². The molecule has 0 aliphatic heterocycles. The van der Waals surface area contributed by atoms with Crippen LogP contribution in [0.2, 0.25) is 10.0 Å². The third-order valence-corrected chi connectivity index (χ3v) is 2.48. The minimum atomic E-state index is -1.01. The molecule has 0 bridgehead atoms. The predicted octanol–water partition coefficient (Wildman–Crippen LogP) is 3.58. The van der Waals surface area contributed by atoms with E-state index in [9.17, 15) is 9.18 Å². The summed E-state index contributed by atoms with van der Waals surface area (Å²) in [6.45, 7) is 1.97. The molecule has 1 rings (SSSR count). The van der Waals surface area contributed by atoms with Gasteiger partial charge in [-0.25, -0.2) is 9.18 Å². The van der Waals surface area contributed by atoms with Crippen molar-refractivity contribution in [2.45, 2.75) is 6.92 Å². The van der Waals surface area contributed by atoms with Crippen LogP contribution >= 0.6 is 23.2 Å². The standard InChI is InChI=1S/C11H10Cl2FNO2/c1-6(2-10(16)17)5-15-7-3-8(12)11(14)9(13)4-7/h2-4,15H,5H2,1H3,(H,16,17)/b6-2-. The van der Waals surface area contributed by atoms with Gasteiger partial charge in [-0.15, -0.1) is 0 Å². The molecule has 0 atom stereocenters. The fourth-order valence-corrected chi connectivity index (χ4v) is 1.65. The average Bonchev–Trinajstić information content (AvgIpc) is 2.22. The second-order valence-corrected chi connectivity index (χ2v) is 4.25. The summed E-state index contributed by atoms with van der Waals surface area (Å²) in [4.78, 5) is 10.4. The van der Waals surface area contributed by atoms with E-state index >= 15 is 0 Å². The Kier molecular flexibility index (Phi) is 4.78. The Morgan fingerprint density at radius 2 is 2.00 bits per heavy atom. The molecule has 0 heterocycles. The maximum absolute atomic E-state index is 13.1. The first kappa shape index (κ1) is 13.8. The first-order valence-electron chi connectivity index (χ1n) is 4.68. The van der Waals surface area contributed by atoms with Crippen molar-refractivity contribution >= 4 is 34.9 Å². The molecule has 0 fully saturated rings. The molecule has 1 aromatic carbocycles. The maximum Gasteiger partial charge on any atom is 0.328 e. The number of halogens is 3. The van der Waals surface area contributed by atoms with Gasteiger partial charge in [0.2, 0.25) is 0 Å². The summed E-state index contributed by atoms with van der Waals surface area (Å²) >= 11 is 11.2. The minimum absolute atomic E-state index is 0.0835. The van der Waals surface area contributed by atoms with Gasteiger partial charge < -0.3 is 10.4 Å². The number of nitrogens with one attached hydrogen (secondary N) is 1. The SMILES string of the molecule is C/C(=C/C(=O)O)CNc1cc(Cl)c(F)c(Cl)c1. The van der Waals surface area contributed by atoms with Crippen LogP contribution in [0.1, 0.15) is 6.92 Å². The molecular formula is C11H10Cl2FNO2. The zero-order chi connectivity index (χ0) is 13.0. The summed E-state index contributed by atoms with van der Waals surface area (Å²) < 4.78 is 13.1. The van der Waals surface area contributed by atoms with Crippen LogP contribution in [-0.2, 0) is 4.79 Å². The van der Waals surface area contributed by atoms with Gasteiger partial charge in [-0.1, -0.05) is 23.2 Å². The Labute approximate surface area is 108 Å². The highest BCUT2D eigenvalue weighted by molar-refractivity contribution is 6.35. The fourth-order valence-electron chi connectivity index (χ4n) is 1.16. The molecule has 92 valence electrons. The number of hydrogen-bond donors (Lipinski definition) is 2. The number of aliphatic carboxylic acids is 1. The summed E-state index contributed by atoms with van der Waals surface area (Å²) in [5.41, 5.74) is 1.15. The highest BCUT2D eigenvalue weighted by Gasteiger charge is 2.07. The van der Waals surface area contributed by atoms with Gasteiger partial charge >= 0.3 is 5.97 Å². The Morgan fingerprint density at radius 3 is 2.47 bits per heavy atom. The van der Waals surface area contributed by atoms with Crippen LogP contribution in [0.15, 0.2) is 23.8 Å². The van der Waals surface area contributed by atoms with Crippen molar-refractivity contribution in [3.05, 3.63) is 39.6 Å². The number of hydrogen-bond acceptors (Lipinski definition) is 2. The van der Waals surface area contributed by atoms with Crippen molar-refractivity contribution in [1.29, 1.82) is 0 Å². The van der Waals surface area contributed by atoms with E-state index in [1.807, 2.05) is 0 Å². The Balaban J connectivity index is 2.74. The van der Waals surface area contributed by atoms with Gasteiger partial charge in [0.15, 0.2) is 5.82 Å². The average molecular weight is 278 g/mol. The lowest BCUT2D eigenvalue weighted by molar-refractivity contribution is -0.131. The van der Waals surface area contributed by atoms with Gasteiger partial charge in [0.1, 0.15) is 0 Å². The van der Waals surface area contributed by atoms with Crippen LogP contribution in [0.4, 0.5) is 10.1 Å². The molecule has 1 aromatic rings. The quantitative estimate of drug-likeness (QED) is 0.653. The minimum Gasteiger partial charge on any atom is -0.478 e. The van der Waals surface area contributed by atoms with Crippen LogP contribution in [-0.4, -0.2) is 17.6 Å². The maximum atomic E-state index is 13.1. The zero-order valence-electron chi connectivity index (χ0n) is 8.93. The summed E-state index contributed by atoms with van der Waals surface area (Å²) in [5.74, 6) is -1.68. The van der Waals surface area contributed by atoms with E-state index in [4.69, 9.17) is 28.3 Å². The van der Waals surface area contributed by atoms with E-state index in [1.165, 1.54) is 12.1 Å². The third kappa shape index (κ3) is 4.24. The topological polar surface area (TPSA) is 49.3 Å². The lowest BCUT2D eigenvalue weighted by Gasteiger charge is -2.08. The van der Waals surface area contributed by atoms with Crippen molar-refractivity contribution in [3.8, 4) is 0 Å². The van der Waals surface area contributed by atoms with E-state index < -0.39 is 11.8 Å². The molecule has 0 unspecified atom stereocenters. The monoisotopic (exact) mass is 277 g/mol. The summed E-state index contributed by atoms with van der Waals surface area (Å²) in [6, 6.07) is 2.77. The lowest BCUT2D eigenvalue weighted by Crippen LogP contribution is -2.04. The molecule has 0 saturated carbocycles. The van der Waals surface area contributed by atoms with Crippen LogP contribution in [0.5, 0.6) is 0 Å². The molecule has 3 nitrogen and oxygen atoms in total. The van der Waals surface area contributed by atoms with Crippen LogP contribution < -0.4 is 5.32 Å². The molecule has 2 N–H and O–H groups in total. The zero-order valence-corrected chi connectivity index (χ0v) is 10.4. The lowest BCUT2D eigenvalue weighted by atomic mass is 10.2. The van der Waals surface area contributed by atoms with Crippen molar-refractivity contribution in [3.63, 3.8) is 0 Å². The Hall–Kier alpha value is -1.26. The number of rotatable bonds is 4. The van der Waals surface area contributed by atoms with Gasteiger partial charge in [0.05, 0.1) is 10.0 Å². The fraction of sp³-hybridized carbons (Fsp3) is 0.182. The Morgan fingerprint density at radius 1 is 1.47 bits per heavy atom. The van der Waals surface area contributed by atoms with E-state index in [-0.39, 0.29) is 10.0 Å². The normalized spacial score (nSPS) is 11.4. The molecule has 0 saturated heterocycles. The van der Waals surface area contributed by atoms with Crippen molar-refractivity contribution < 1.29 is 14.3 Å². The van der Waals surface area contributed by atoms with E-state index in [2.05, 4.69) is 5.32 Å². The van der Waals surface area contributed by atoms with Gasteiger partial charge in [-0.05, 0) is 24.6 Å². The van der Waals surface area contributed by atoms with Gasteiger partial charge in [-0.3, -0.25) is 0 Å². The largest absolute Gasteiger partial charge is 0.478 e. The first-order chi connectivity index (χ1) is 7.90. The third-order valence-electron chi connectivity index (χ3n) is 1.93. The van der Waals surface area contributed by atoms with E-state index in [1.54, 1.807) is 6.92 Å². The van der Waals surface area contributed by atoms with Gasteiger partial charge in [0.25, 0.3) is 0 Å². The molecule has 0 aliphatic carbocycles.